The minimum Gasteiger partial charge on any atom is -0.0654 e. The summed E-state index contributed by atoms with van der Waals surface area (Å²) >= 11 is 0. The van der Waals surface area contributed by atoms with Crippen molar-refractivity contribution >= 4 is 23.8 Å². The van der Waals surface area contributed by atoms with E-state index in [1.165, 1.54) is 55.6 Å². The van der Waals surface area contributed by atoms with Crippen molar-refractivity contribution in [3.63, 3.8) is 0 Å². The molecule has 0 amide bonds. The summed E-state index contributed by atoms with van der Waals surface area (Å²) in [6.07, 6.45) is 9.71. The summed E-state index contributed by atoms with van der Waals surface area (Å²) in [5.41, 5.74) is 1.57. The lowest BCUT2D eigenvalue weighted by molar-refractivity contribution is 0.261. The third-order valence-electron chi connectivity index (χ3n) is 6.43. The van der Waals surface area contributed by atoms with E-state index in [-0.39, 0.29) is 0 Å². The predicted octanol–water partition coefficient (Wildman–Crippen LogP) is 6.59. The summed E-state index contributed by atoms with van der Waals surface area (Å²) in [5.74, 6) is 1.84. The van der Waals surface area contributed by atoms with E-state index < -0.39 is 7.92 Å². The molecule has 0 aromatic heterocycles. The average Bonchev–Trinajstić information content (AvgIpc) is 2.78. The molecule has 29 heavy (non-hydrogen) atoms. The third kappa shape index (κ3) is 5.18. The minimum absolute atomic E-state index is 0.508. The highest BCUT2D eigenvalue weighted by molar-refractivity contribution is 7.79. The van der Waals surface area contributed by atoms with Gasteiger partial charge in [-0.2, -0.15) is 0 Å². The Kier molecular flexibility index (Phi) is 7.18. The molecule has 0 saturated heterocycles. The number of benzene rings is 3. The van der Waals surface area contributed by atoms with Crippen molar-refractivity contribution in [3.05, 3.63) is 90.5 Å². The van der Waals surface area contributed by atoms with Crippen molar-refractivity contribution < 1.29 is 0 Å². The summed E-state index contributed by atoms with van der Waals surface area (Å²) < 4.78 is 0. The number of hydrogen-bond acceptors (Lipinski definition) is 0. The quantitative estimate of drug-likeness (QED) is 0.392. The van der Waals surface area contributed by atoms with Crippen LogP contribution in [0.2, 0.25) is 0 Å². The summed E-state index contributed by atoms with van der Waals surface area (Å²) in [6.45, 7) is 2.33. The van der Waals surface area contributed by atoms with Crippen LogP contribution < -0.4 is 15.9 Å². The van der Waals surface area contributed by atoms with E-state index in [0.29, 0.717) is 0 Å². The van der Waals surface area contributed by atoms with Crippen LogP contribution in [0, 0.1) is 11.8 Å². The lowest BCUT2D eigenvalue weighted by atomic mass is 9.78. The second-order valence-electron chi connectivity index (χ2n) is 8.51. The Balaban J connectivity index is 1.62. The van der Waals surface area contributed by atoms with Crippen molar-refractivity contribution in [3.8, 4) is 0 Å². The highest BCUT2D eigenvalue weighted by atomic mass is 31.1. The first-order valence-corrected chi connectivity index (χ1v) is 12.7. The molecule has 1 aliphatic carbocycles. The maximum atomic E-state index is 2.40. The number of rotatable bonds is 7. The van der Waals surface area contributed by atoms with E-state index >= 15 is 0 Å². The molecule has 4 rings (SSSR count). The third-order valence-corrected chi connectivity index (χ3v) is 8.98. The van der Waals surface area contributed by atoms with Gasteiger partial charge in [-0.3, -0.25) is 0 Å². The lowest BCUT2D eigenvalue weighted by Crippen LogP contribution is -2.25. The smallest absolute Gasteiger partial charge is 0.0119 e. The van der Waals surface area contributed by atoms with Gasteiger partial charge in [-0.15, -0.1) is 0 Å². The largest absolute Gasteiger partial charge is 0.0654 e. The van der Waals surface area contributed by atoms with E-state index in [1.54, 1.807) is 10.9 Å². The van der Waals surface area contributed by atoms with Crippen LogP contribution in [-0.2, 0) is 6.42 Å². The molecule has 0 bridgehead atoms. The zero-order valence-electron chi connectivity index (χ0n) is 17.6. The normalized spacial score (nSPS) is 19.4. The molecule has 0 atom stereocenters. The monoisotopic (exact) mass is 400 g/mol. The maximum absolute atomic E-state index is 2.40. The molecule has 1 aliphatic rings. The molecule has 0 spiro atoms. The Morgan fingerprint density at radius 1 is 0.655 bits per heavy atom. The summed E-state index contributed by atoms with van der Waals surface area (Å²) in [5, 5.41) is 4.45. The van der Waals surface area contributed by atoms with Gasteiger partial charge in [0.05, 0.1) is 0 Å². The van der Waals surface area contributed by atoms with Gasteiger partial charge in [0.2, 0.25) is 0 Å². The standard InChI is InChI=1S/C28H33P/c1-2-11-23-18-20-24(21-19-23)22-25-12-9-10-17-28(25)29(26-13-5-3-6-14-26)27-15-7-4-8-16-27/h3-10,12-17,23-24H,2,11,18-22H2,1H3. The average molecular weight is 401 g/mol. The molecule has 1 fully saturated rings. The predicted molar refractivity (Wildman–Crippen MR) is 129 cm³/mol. The van der Waals surface area contributed by atoms with Crippen LogP contribution in [0.5, 0.6) is 0 Å². The van der Waals surface area contributed by atoms with E-state index in [9.17, 15) is 0 Å². The van der Waals surface area contributed by atoms with Crippen molar-refractivity contribution in [2.45, 2.75) is 51.9 Å². The molecule has 0 N–H and O–H groups in total. The molecular weight excluding hydrogens is 367 g/mol. The Hall–Kier alpha value is -1.91. The first-order chi connectivity index (χ1) is 14.3. The van der Waals surface area contributed by atoms with Crippen molar-refractivity contribution in [1.82, 2.24) is 0 Å². The van der Waals surface area contributed by atoms with Gasteiger partial charge in [-0.25, -0.2) is 0 Å². The zero-order valence-corrected chi connectivity index (χ0v) is 18.5. The van der Waals surface area contributed by atoms with E-state index in [0.717, 1.165) is 11.8 Å². The Morgan fingerprint density at radius 3 is 1.76 bits per heavy atom. The van der Waals surface area contributed by atoms with Crippen LogP contribution in [0.3, 0.4) is 0 Å². The lowest BCUT2D eigenvalue weighted by Gasteiger charge is -2.30. The Morgan fingerprint density at radius 2 is 1.17 bits per heavy atom. The van der Waals surface area contributed by atoms with Gasteiger partial charge in [0, 0.05) is 0 Å². The van der Waals surface area contributed by atoms with Crippen LogP contribution in [0.25, 0.3) is 0 Å². The summed E-state index contributed by atoms with van der Waals surface area (Å²) in [4.78, 5) is 0. The Bertz CT molecular complexity index is 824. The maximum Gasteiger partial charge on any atom is -0.0119 e. The fourth-order valence-corrected chi connectivity index (χ4v) is 7.41. The highest BCUT2D eigenvalue weighted by Crippen LogP contribution is 2.37. The van der Waals surface area contributed by atoms with Gasteiger partial charge in [0.15, 0.2) is 0 Å². The van der Waals surface area contributed by atoms with Gasteiger partial charge < -0.3 is 0 Å². The van der Waals surface area contributed by atoms with E-state index in [2.05, 4.69) is 91.9 Å². The fourth-order valence-electron chi connectivity index (χ4n) is 4.93. The first-order valence-electron chi connectivity index (χ1n) is 11.3. The molecule has 1 heteroatoms. The van der Waals surface area contributed by atoms with Crippen LogP contribution in [-0.4, -0.2) is 0 Å². The molecule has 3 aromatic rings. The van der Waals surface area contributed by atoms with E-state index in [4.69, 9.17) is 0 Å². The molecule has 150 valence electrons. The minimum atomic E-state index is -0.508. The van der Waals surface area contributed by atoms with Crippen molar-refractivity contribution in [1.29, 1.82) is 0 Å². The van der Waals surface area contributed by atoms with Gasteiger partial charge in [-0.05, 0) is 60.5 Å². The SMILES string of the molecule is CCCC1CCC(Cc2ccccc2P(c2ccccc2)c2ccccc2)CC1. The van der Waals surface area contributed by atoms with Gasteiger partial charge in [-0.1, -0.05) is 118 Å². The topological polar surface area (TPSA) is 0 Å². The van der Waals surface area contributed by atoms with Crippen LogP contribution in [0.15, 0.2) is 84.9 Å². The Labute approximate surface area is 178 Å². The van der Waals surface area contributed by atoms with Crippen molar-refractivity contribution in [2.75, 3.05) is 0 Å². The molecule has 0 heterocycles. The summed E-state index contributed by atoms with van der Waals surface area (Å²) in [6, 6.07) is 31.5. The highest BCUT2D eigenvalue weighted by Gasteiger charge is 2.24. The molecule has 3 aromatic carbocycles. The molecule has 0 unspecified atom stereocenters. The van der Waals surface area contributed by atoms with Crippen molar-refractivity contribution in [2.24, 2.45) is 11.8 Å². The van der Waals surface area contributed by atoms with Crippen LogP contribution in [0.1, 0.15) is 51.0 Å². The second-order valence-corrected chi connectivity index (χ2v) is 10.7. The van der Waals surface area contributed by atoms with Gasteiger partial charge >= 0.3 is 0 Å². The zero-order chi connectivity index (χ0) is 19.9. The molecular formula is C28H33P. The first kappa shape index (κ1) is 20.4. The second kappa shape index (κ2) is 10.2. The fraction of sp³-hybridized carbons (Fsp3) is 0.357. The molecule has 1 saturated carbocycles. The molecule has 0 radical (unpaired) electrons. The van der Waals surface area contributed by atoms with Crippen LogP contribution in [0.4, 0.5) is 0 Å². The van der Waals surface area contributed by atoms with E-state index in [1.807, 2.05) is 0 Å². The van der Waals surface area contributed by atoms with Gasteiger partial charge in [0.1, 0.15) is 0 Å². The number of hydrogen-bond donors (Lipinski definition) is 0. The molecule has 0 nitrogen and oxygen atoms in total. The van der Waals surface area contributed by atoms with Gasteiger partial charge in [0.25, 0.3) is 0 Å². The van der Waals surface area contributed by atoms with Crippen LogP contribution >= 0.6 is 7.92 Å². The summed E-state index contributed by atoms with van der Waals surface area (Å²) in [7, 11) is -0.508. The molecule has 0 aliphatic heterocycles.